The number of aromatic nitrogens is 1. The number of rotatable bonds is 4. The molecule has 0 spiro atoms. The second-order valence-electron chi connectivity index (χ2n) is 8.30. The number of aryl methyl sites for hydroxylation is 1. The Hall–Kier alpha value is -2.32. The monoisotopic (exact) mass is 445 g/mol. The summed E-state index contributed by atoms with van der Waals surface area (Å²) in [6, 6.07) is 6.16. The highest BCUT2D eigenvalue weighted by molar-refractivity contribution is 7.17. The van der Waals surface area contributed by atoms with Crippen LogP contribution in [-0.4, -0.2) is 66.0 Å². The average Bonchev–Trinajstić information content (AvgIpc) is 3.20. The van der Waals surface area contributed by atoms with Gasteiger partial charge in [-0.15, -0.1) is 11.3 Å². The molecule has 0 N–H and O–H groups in total. The van der Waals surface area contributed by atoms with E-state index in [9.17, 15) is 14.0 Å². The third-order valence-corrected chi connectivity index (χ3v) is 7.52. The Morgan fingerprint density at radius 3 is 2.39 bits per heavy atom. The Morgan fingerprint density at radius 1 is 1.10 bits per heavy atom. The summed E-state index contributed by atoms with van der Waals surface area (Å²) in [5, 5.41) is 0.723. The molecule has 31 heavy (non-hydrogen) atoms. The Kier molecular flexibility index (Phi) is 6.67. The second-order valence-corrected chi connectivity index (χ2v) is 9.30. The molecule has 2 aromatic rings. The first-order valence-corrected chi connectivity index (χ1v) is 11.6. The van der Waals surface area contributed by atoms with Gasteiger partial charge in [-0.3, -0.25) is 9.59 Å². The van der Waals surface area contributed by atoms with Crippen molar-refractivity contribution in [1.29, 1.82) is 0 Å². The van der Waals surface area contributed by atoms with Gasteiger partial charge in [-0.05, 0) is 49.9 Å². The topological polar surface area (TPSA) is 62.7 Å². The summed E-state index contributed by atoms with van der Waals surface area (Å²) in [5.41, 5.74) is 1.51. The quantitative estimate of drug-likeness (QED) is 0.721. The van der Waals surface area contributed by atoms with E-state index >= 15 is 0 Å². The molecule has 0 bridgehead atoms. The fourth-order valence-electron chi connectivity index (χ4n) is 4.33. The number of amides is 2. The van der Waals surface area contributed by atoms with Crippen LogP contribution in [0.1, 0.15) is 35.1 Å². The van der Waals surface area contributed by atoms with Crippen LogP contribution in [0.2, 0.25) is 0 Å². The van der Waals surface area contributed by atoms with Crippen molar-refractivity contribution < 1.29 is 18.7 Å². The number of thiazole rings is 1. The standard InChI is InChI=1S/C23H28FN3O3S/c1-15(22(28)27-11-13-30-14-12-27)17-7-9-26(10-8-17)23(29)20-16(2)25-21(31-20)18-3-5-19(24)6-4-18/h3-6,15,17H,7-14H2,1-2H3/t15-/m0/s1. The van der Waals surface area contributed by atoms with Gasteiger partial charge in [0.2, 0.25) is 5.91 Å². The largest absolute Gasteiger partial charge is 0.378 e. The Labute approximate surface area is 186 Å². The number of nitrogens with zero attached hydrogens (tertiary/aromatic N) is 3. The maximum absolute atomic E-state index is 13.2. The highest BCUT2D eigenvalue weighted by atomic mass is 32.1. The molecule has 8 heteroatoms. The number of hydrogen-bond acceptors (Lipinski definition) is 5. The minimum Gasteiger partial charge on any atom is -0.378 e. The van der Waals surface area contributed by atoms with Crippen molar-refractivity contribution in [2.75, 3.05) is 39.4 Å². The number of likely N-dealkylation sites (tertiary alicyclic amines) is 1. The van der Waals surface area contributed by atoms with E-state index in [0.29, 0.717) is 50.0 Å². The van der Waals surface area contributed by atoms with Crippen molar-refractivity contribution in [2.45, 2.75) is 26.7 Å². The molecule has 1 atom stereocenters. The number of carbonyl (C=O) groups excluding carboxylic acids is 2. The number of piperidine rings is 1. The third-order valence-electron chi connectivity index (χ3n) is 6.33. The number of halogens is 1. The zero-order chi connectivity index (χ0) is 22.0. The zero-order valence-electron chi connectivity index (χ0n) is 18.0. The minimum atomic E-state index is -0.294. The van der Waals surface area contributed by atoms with Crippen molar-refractivity contribution in [3.8, 4) is 10.6 Å². The second kappa shape index (κ2) is 9.44. The predicted octanol–water partition coefficient (Wildman–Crippen LogP) is 3.60. The highest BCUT2D eigenvalue weighted by Crippen LogP contribution is 2.31. The van der Waals surface area contributed by atoms with E-state index in [4.69, 9.17) is 4.74 Å². The van der Waals surface area contributed by atoms with Crippen molar-refractivity contribution in [2.24, 2.45) is 11.8 Å². The Bertz CT molecular complexity index is 932. The summed E-state index contributed by atoms with van der Waals surface area (Å²) in [6.45, 7) is 7.71. The number of hydrogen-bond donors (Lipinski definition) is 0. The molecule has 3 heterocycles. The summed E-state index contributed by atoms with van der Waals surface area (Å²) in [6.07, 6.45) is 1.65. The van der Waals surface area contributed by atoms with Crippen LogP contribution in [0, 0.1) is 24.6 Å². The summed E-state index contributed by atoms with van der Waals surface area (Å²) < 4.78 is 18.5. The lowest BCUT2D eigenvalue weighted by molar-refractivity contribution is -0.141. The molecular formula is C23H28FN3O3S. The van der Waals surface area contributed by atoms with E-state index < -0.39 is 0 Å². The molecule has 2 fully saturated rings. The molecule has 2 amide bonds. The molecule has 4 rings (SSSR count). The smallest absolute Gasteiger partial charge is 0.265 e. The fourth-order valence-corrected chi connectivity index (χ4v) is 5.37. The number of ether oxygens (including phenoxy) is 1. The molecule has 2 saturated heterocycles. The average molecular weight is 446 g/mol. The molecule has 1 aromatic carbocycles. The Balaban J connectivity index is 1.37. The Morgan fingerprint density at radius 2 is 1.74 bits per heavy atom. The van der Waals surface area contributed by atoms with E-state index in [1.165, 1.54) is 23.5 Å². The van der Waals surface area contributed by atoms with Crippen molar-refractivity contribution in [3.05, 3.63) is 40.7 Å². The predicted molar refractivity (Wildman–Crippen MR) is 117 cm³/mol. The summed E-state index contributed by atoms with van der Waals surface area (Å²) in [7, 11) is 0. The van der Waals surface area contributed by atoms with Gasteiger partial charge < -0.3 is 14.5 Å². The van der Waals surface area contributed by atoms with Gasteiger partial charge in [-0.2, -0.15) is 0 Å². The van der Waals surface area contributed by atoms with Gasteiger partial charge >= 0.3 is 0 Å². The van der Waals surface area contributed by atoms with Crippen molar-refractivity contribution in [1.82, 2.24) is 14.8 Å². The first-order chi connectivity index (χ1) is 14.9. The lowest BCUT2D eigenvalue weighted by Crippen LogP contribution is -2.47. The van der Waals surface area contributed by atoms with Gasteiger partial charge in [0.05, 0.1) is 18.9 Å². The van der Waals surface area contributed by atoms with Crippen LogP contribution >= 0.6 is 11.3 Å². The van der Waals surface area contributed by atoms with E-state index in [2.05, 4.69) is 4.98 Å². The molecule has 1 aromatic heterocycles. The lowest BCUT2D eigenvalue weighted by Gasteiger charge is -2.37. The molecule has 166 valence electrons. The fraction of sp³-hybridized carbons (Fsp3) is 0.522. The summed E-state index contributed by atoms with van der Waals surface area (Å²) in [5.74, 6) is 0.157. The SMILES string of the molecule is Cc1nc(-c2ccc(F)cc2)sc1C(=O)N1CCC([C@H](C)C(=O)N2CCOCC2)CC1. The molecule has 6 nitrogen and oxygen atoms in total. The van der Waals surface area contributed by atoms with Crippen LogP contribution in [0.4, 0.5) is 4.39 Å². The molecule has 2 aliphatic rings. The maximum atomic E-state index is 13.2. The van der Waals surface area contributed by atoms with Gasteiger partial charge in [0.25, 0.3) is 5.91 Å². The van der Waals surface area contributed by atoms with Crippen LogP contribution in [-0.2, 0) is 9.53 Å². The third kappa shape index (κ3) is 4.80. The van der Waals surface area contributed by atoms with E-state index in [-0.39, 0.29) is 29.5 Å². The van der Waals surface area contributed by atoms with E-state index in [0.717, 1.165) is 23.4 Å². The van der Waals surface area contributed by atoms with Crippen LogP contribution in [0.15, 0.2) is 24.3 Å². The van der Waals surface area contributed by atoms with Crippen LogP contribution in [0.3, 0.4) is 0 Å². The number of morpholine rings is 1. The molecule has 0 saturated carbocycles. The van der Waals surface area contributed by atoms with Gasteiger partial charge in [0, 0.05) is 37.7 Å². The zero-order valence-corrected chi connectivity index (χ0v) is 18.8. The maximum Gasteiger partial charge on any atom is 0.265 e. The van der Waals surface area contributed by atoms with E-state index in [1.807, 2.05) is 23.6 Å². The normalized spacial score (nSPS) is 18.8. The van der Waals surface area contributed by atoms with Crippen LogP contribution in [0.5, 0.6) is 0 Å². The highest BCUT2D eigenvalue weighted by Gasteiger charge is 2.33. The van der Waals surface area contributed by atoms with Crippen LogP contribution in [0.25, 0.3) is 10.6 Å². The number of benzene rings is 1. The molecule has 0 radical (unpaired) electrons. The van der Waals surface area contributed by atoms with Gasteiger partial charge in [0.1, 0.15) is 15.7 Å². The number of carbonyl (C=O) groups is 2. The minimum absolute atomic E-state index is 0.00558. The van der Waals surface area contributed by atoms with Gasteiger partial charge in [0.15, 0.2) is 0 Å². The first-order valence-electron chi connectivity index (χ1n) is 10.8. The molecule has 0 aliphatic carbocycles. The van der Waals surface area contributed by atoms with Crippen molar-refractivity contribution in [3.63, 3.8) is 0 Å². The van der Waals surface area contributed by atoms with Gasteiger partial charge in [-0.1, -0.05) is 6.92 Å². The molecule has 2 aliphatic heterocycles. The van der Waals surface area contributed by atoms with E-state index in [1.54, 1.807) is 12.1 Å². The van der Waals surface area contributed by atoms with Crippen LogP contribution < -0.4 is 0 Å². The summed E-state index contributed by atoms with van der Waals surface area (Å²) in [4.78, 5) is 34.9. The lowest BCUT2D eigenvalue weighted by atomic mass is 9.84. The van der Waals surface area contributed by atoms with Crippen molar-refractivity contribution >= 4 is 23.2 Å². The summed E-state index contributed by atoms with van der Waals surface area (Å²) >= 11 is 1.35. The molecule has 0 unspecified atom stereocenters. The van der Waals surface area contributed by atoms with Gasteiger partial charge in [-0.25, -0.2) is 9.37 Å². The first kappa shape index (κ1) is 21.9. The molecular weight excluding hydrogens is 417 g/mol.